The molecule has 0 amide bonds. The van der Waals surface area contributed by atoms with Gasteiger partial charge >= 0.3 is 0 Å². The third-order valence-corrected chi connectivity index (χ3v) is 2.35. The number of rotatable bonds is 1. The minimum absolute atomic E-state index is 0.132. The highest BCUT2D eigenvalue weighted by atomic mass is 16.3. The first-order valence-electron chi connectivity index (χ1n) is 4.05. The quantitative estimate of drug-likeness (QED) is 0.568. The molecule has 3 atom stereocenters. The molecule has 0 aromatic carbocycles. The molecule has 0 saturated carbocycles. The van der Waals surface area contributed by atoms with Gasteiger partial charge in [-0.05, 0) is 19.3 Å². The van der Waals surface area contributed by atoms with Gasteiger partial charge in [0.15, 0.2) is 0 Å². The largest absolute Gasteiger partial charge is 0.391 e. The monoisotopic (exact) mass is 143 g/mol. The van der Waals surface area contributed by atoms with E-state index in [0.717, 1.165) is 6.42 Å². The van der Waals surface area contributed by atoms with Crippen LogP contribution in [0.15, 0.2) is 0 Å². The van der Waals surface area contributed by atoms with Crippen LogP contribution in [0.4, 0.5) is 0 Å². The molecule has 0 aromatic heterocycles. The average Bonchev–Trinajstić information content (AvgIpc) is 2.13. The van der Waals surface area contributed by atoms with Crippen molar-refractivity contribution in [2.45, 2.75) is 45.4 Å². The Morgan fingerprint density at radius 2 is 2.10 bits per heavy atom. The van der Waals surface area contributed by atoms with Crippen molar-refractivity contribution in [2.24, 2.45) is 5.92 Å². The van der Waals surface area contributed by atoms with Gasteiger partial charge in [0.05, 0.1) is 6.10 Å². The summed E-state index contributed by atoms with van der Waals surface area (Å²) in [6.45, 7) is 6.40. The van der Waals surface area contributed by atoms with Crippen LogP contribution in [0.25, 0.3) is 0 Å². The Bertz CT molecular complexity index is 104. The second kappa shape index (κ2) is 2.89. The maximum absolute atomic E-state index is 9.35. The molecule has 1 heterocycles. The van der Waals surface area contributed by atoms with Crippen LogP contribution in [0.2, 0.25) is 0 Å². The van der Waals surface area contributed by atoms with Gasteiger partial charge < -0.3 is 10.4 Å². The predicted molar refractivity (Wildman–Crippen MR) is 41.8 cm³/mol. The predicted octanol–water partition coefficient (Wildman–Crippen LogP) is 0.754. The number of aliphatic hydroxyl groups excluding tert-OH is 1. The fourth-order valence-electron chi connectivity index (χ4n) is 1.45. The van der Waals surface area contributed by atoms with Crippen molar-refractivity contribution in [3.05, 3.63) is 0 Å². The van der Waals surface area contributed by atoms with Crippen molar-refractivity contribution >= 4 is 0 Å². The molecule has 0 unspecified atom stereocenters. The van der Waals surface area contributed by atoms with E-state index in [1.165, 1.54) is 0 Å². The maximum atomic E-state index is 9.35. The van der Waals surface area contributed by atoms with E-state index in [-0.39, 0.29) is 12.1 Å². The Hall–Kier alpha value is -0.0800. The third-order valence-electron chi connectivity index (χ3n) is 2.35. The van der Waals surface area contributed by atoms with Crippen molar-refractivity contribution in [3.63, 3.8) is 0 Å². The molecule has 1 aliphatic rings. The Kier molecular flexibility index (Phi) is 2.32. The minimum atomic E-state index is -0.132. The Labute approximate surface area is 62.6 Å². The summed E-state index contributed by atoms with van der Waals surface area (Å²) in [4.78, 5) is 0. The van der Waals surface area contributed by atoms with Gasteiger partial charge in [0, 0.05) is 12.1 Å². The first-order valence-corrected chi connectivity index (χ1v) is 4.05. The maximum Gasteiger partial charge on any atom is 0.0705 e. The van der Waals surface area contributed by atoms with Crippen molar-refractivity contribution < 1.29 is 5.11 Å². The van der Waals surface area contributed by atoms with Crippen LogP contribution in [-0.4, -0.2) is 23.3 Å². The molecule has 2 heteroatoms. The summed E-state index contributed by atoms with van der Waals surface area (Å²) < 4.78 is 0. The first kappa shape index (κ1) is 8.02. The standard InChI is InChI=1S/C8H17NO/c1-5(2)7-4-8(10)6(3)9-7/h5-10H,4H2,1-3H3/t6-,7+,8-/m1/s1. The van der Waals surface area contributed by atoms with E-state index < -0.39 is 0 Å². The molecule has 1 rings (SSSR count). The van der Waals surface area contributed by atoms with Gasteiger partial charge in [-0.3, -0.25) is 0 Å². The molecule has 0 aliphatic carbocycles. The summed E-state index contributed by atoms with van der Waals surface area (Å²) in [5, 5.41) is 12.7. The van der Waals surface area contributed by atoms with Crippen molar-refractivity contribution in [1.29, 1.82) is 0 Å². The molecule has 0 bridgehead atoms. The van der Waals surface area contributed by atoms with Crippen LogP contribution in [-0.2, 0) is 0 Å². The first-order chi connectivity index (χ1) is 4.61. The molecule has 1 fully saturated rings. The van der Waals surface area contributed by atoms with Gasteiger partial charge in [-0.1, -0.05) is 13.8 Å². The number of hydrogen-bond donors (Lipinski definition) is 2. The molecule has 1 saturated heterocycles. The Morgan fingerprint density at radius 1 is 1.50 bits per heavy atom. The summed E-state index contributed by atoms with van der Waals surface area (Å²) in [6.07, 6.45) is 0.783. The van der Waals surface area contributed by atoms with E-state index >= 15 is 0 Å². The van der Waals surface area contributed by atoms with Gasteiger partial charge in [0.2, 0.25) is 0 Å². The lowest BCUT2D eigenvalue weighted by Crippen LogP contribution is -2.32. The number of aliphatic hydroxyl groups is 1. The van der Waals surface area contributed by atoms with Crippen LogP contribution in [0.1, 0.15) is 27.2 Å². The van der Waals surface area contributed by atoms with Crippen LogP contribution >= 0.6 is 0 Å². The normalized spacial score (nSPS) is 41.1. The molecule has 10 heavy (non-hydrogen) atoms. The van der Waals surface area contributed by atoms with E-state index in [1.807, 2.05) is 6.92 Å². The van der Waals surface area contributed by atoms with Crippen molar-refractivity contribution in [3.8, 4) is 0 Å². The zero-order chi connectivity index (χ0) is 7.72. The fourth-order valence-corrected chi connectivity index (χ4v) is 1.45. The summed E-state index contributed by atoms with van der Waals surface area (Å²) >= 11 is 0. The Morgan fingerprint density at radius 3 is 2.30 bits per heavy atom. The topological polar surface area (TPSA) is 32.3 Å². The molecule has 0 spiro atoms. The average molecular weight is 143 g/mol. The van der Waals surface area contributed by atoms with Crippen LogP contribution in [0.3, 0.4) is 0 Å². The number of hydrogen-bond acceptors (Lipinski definition) is 2. The second-order valence-corrected chi connectivity index (χ2v) is 3.61. The molecule has 60 valence electrons. The lowest BCUT2D eigenvalue weighted by atomic mass is 10.0. The molecule has 2 nitrogen and oxygen atoms in total. The van der Waals surface area contributed by atoms with E-state index in [2.05, 4.69) is 19.2 Å². The SMILES string of the molecule is CC(C)[C@@H]1C[C@@H](O)[C@@H](C)N1. The highest BCUT2D eigenvalue weighted by Crippen LogP contribution is 2.18. The van der Waals surface area contributed by atoms with Crippen LogP contribution in [0, 0.1) is 5.92 Å². The summed E-state index contributed by atoms with van der Waals surface area (Å²) in [5.74, 6) is 0.639. The van der Waals surface area contributed by atoms with E-state index in [4.69, 9.17) is 0 Å². The highest BCUT2D eigenvalue weighted by Gasteiger charge is 2.30. The molecular formula is C8H17NO. The lowest BCUT2D eigenvalue weighted by molar-refractivity contribution is 0.163. The van der Waals surface area contributed by atoms with Gasteiger partial charge in [-0.15, -0.1) is 0 Å². The van der Waals surface area contributed by atoms with Crippen molar-refractivity contribution in [2.75, 3.05) is 0 Å². The van der Waals surface area contributed by atoms with Gasteiger partial charge in [0.25, 0.3) is 0 Å². The van der Waals surface area contributed by atoms with Gasteiger partial charge in [-0.2, -0.15) is 0 Å². The minimum Gasteiger partial charge on any atom is -0.391 e. The molecule has 1 aliphatic heterocycles. The van der Waals surface area contributed by atoms with Crippen molar-refractivity contribution in [1.82, 2.24) is 5.32 Å². The molecule has 2 N–H and O–H groups in total. The number of nitrogens with one attached hydrogen (secondary N) is 1. The lowest BCUT2D eigenvalue weighted by Gasteiger charge is -2.14. The van der Waals surface area contributed by atoms with E-state index in [0.29, 0.717) is 12.0 Å². The molecule has 0 aromatic rings. The summed E-state index contributed by atoms with van der Waals surface area (Å²) in [7, 11) is 0. The summed E-state index contributed by atoms with van der Waals surface area (Å²) in [5.41, 5.74) is 0. The highest BCUT2D eigenvalue weighted by molar-refractivity contribution is 4.89. The van der Waals surface area contributed by atoms with Crippen LogP contribution < -0.4 is 5.32 Å². The smallest absolute Gasteiger partial charge is 0.0705 e. The fraction of sp³-hybridized carbons (Fsp3) is 1.00. The summed E-state index contributed by atoms with van der Waals surface area (Å²) in [6, 6.07) is 0.803. The zero-order valence-corrected chi connectivity index (χ0v) is 6.96. The van der Waals surface area contributed by atoms with E-state index in [9.17, 15) is 5.11 Å². The molecule has 0 radical (unpaired) electrons. The van der Waals surface area contributed by atoms with Crippen LogP contribution in [0.5, 0.6) is 0 Å². The second-order valence-electron chi connectivity index (χ2n) is 3.61. The Balaban J connectivity index is 2.41. The third kappa shape index (κ3) is 1.50. The van der Waals surface area contributed by atoms with Gasteiger partial charge in [0.1, 0.15) is 0 Å². The van der Waals surface area contributed by atoms with Gasteiger partial charge in [-0.25, -0.2) is 0 Å². The zero-order valence-electron chi connectivity index (χ0n) is 6.96. The molecular weight excluding hydrogens is 126 g/mol. The van der Waals surface area contributed by atoms with E-state index in [1.54, 1.807) is 0 Å².